The number of nitrogens with zero attached hydrogens (tertiary/aromatic N) is 1. The number of hydrogen-bond acceptors (Lipinski definition) is 4. The van der Waals surface area contributed by atoms with E-state index < -0.39 is 0 Å². The molecule has 0 spiro atoms. The summed E-state index contributed by atoms with van der Waals surface area (Å²) in [6.45, 7) is 4.27. The molecule has 1 unspecified atom stereocenters. The van der Waals surface area contributed by atoms with Crippen LogP contribution in [0.25, 0.3) is 0 Å². The zero-order valence-electron chi connectivity index (χ0n) is 12.1. The summed E-state index contributed by atoms with van der Waals surface area (Å²) in [5.74, 6) is 1.40. The molecular formula is C16H19ClN2O2. The molecule has 112 valence electrons. The molecule has 0 amide bonds. The van der Waals surface area contributed by atoms with Crippen molar-refractivity contribution in [2.75, 3.05) is 6.61 Å². The van der Waals surface area contributed by atoms with Gasteiger partial charge in [-0.15, -0.1) is 0 Å². The third-order valence-electron chi connectivity index (χ3n) is 2.76. The second kappa shape index (κ2) is 7.29. The van der Waals surface area contributed by atoms with Gasteiger partial charge < -0.3 is 15.2 Å². The highest BCUT2D eigenvalue weighted by Gasteiger charge is 2.10. The minimum Gasteiger partial charge on any atom is -0.492 e. The third kappa shape index (κ3) is 4.92. The molecule has 0 saturated carbocycles. The Morgan fingerprint density at radius 3 is 2.71 bits per heavy atom. The number of rotatable bonds is 6. The van der Waals surface area contributed by atoms with Crippen molar-refractivity contribution in [3.8, 4) is 11.5 Å². The van der Waals surface area contributed by atoms with Crippen molar-refractivity contribution >= 4 is 11.6 Å². The van der Waals surface area contributed by atoms with Gasteiger partial charge in [-0.05, 0) is 43.7 Å². The molecule has 0 radical (unpaired) electrons. The maximum atomic E-state index is 6.13. The minimum atomic E-state index is -0.285. The first-order chi connectivity index (χ1) is 10.0. The smallest absolute Gasteiger partial charge is 0.138 e. The molecule has 0 bridgehead atoms. The highest BCUT2D eigenvalue weighted by atomic mass is 35.5. The molecule has 0 aliphatic rings. The van der Waals surface area contributed by atoms with Gasteiger partial charge in [0.2, 0.25) is 0 Å². The molecule has 0 aliphatic heterocycles. The Bertz CT molecular complexity index is 590. The number of nitrogens with two attached hydrogens (primary N) is 1. The summed E-state index contributed by atoms with van der Waals surface area (Å²) in [6.07, 6.45) is 3.49. The Morgan fingerprint density at radius 1 is 1.19 bits per heavy atom. The van der Waals surface area contributed by atoms with Gasteiger partial charge in [-0.3, -0.25) is 4.98 Å². The summed E-state index contributed by atoms with van der Waals surface area (Å²) in [5, 5.41) is 0.634. The predicted molar refractivity (Wildman–Crippen MR) is 83.9 cm³/mol. The van der Waals surface area contributed by atoms with Crippen LogP contribution >= 0.6 is 11.6 Å². The molecule has 0 fully saturated rings. The highest BCUT2D eigenvalue weighted by molar-refractivity contribution is 6.30. The van der Waals surface area contributed by atoms with E-state index in [4.69, 9.17) is 26.8 Å². The normalized spacial score (nSPS) is 12.2. The van der Waals surface area contributed by atoms with Gasteiger partial charge in [0, 0.05) is 11.2 Å². The molecule has 5 heteroatoms. The SMILES string of the molecule is CC(C)Oc1cncc(C(N)COc2cccc(Cl)c2)c1. The van der Waals surface area contributed by atoms with E-state index in [-0.39, 0.29) is 12.1 Å². The summed E-state index contributed by atoms with van der Waals surface area (Å²) in [4.78, 5) is 4.15. The van der Waals surface area contributed by atoms with Crippen molar-refractivity contribution < 1.29 is 9.47 Å². The van der Waals surface area contributed by atoms with Crippen LogP contribution in [0.4, 0.5) is 0 Å². The number of ether oxygens (including phenoxy) is 2. The van der Waals surface area contributed by atoms with Crippen LogP contribution in [0, 0.1) is 0 Å². The van der Waals surface area contributed by atoms with Gasteiger partial charge in [0.1, 0.15) is 18.1 Å². The zero-order valence-corrected chi connectivity index (χ0v) is 12.9. The van der Waals surface area contributed by atoms with Crippen LogP contribution in [0.1, 0.15) is 25.5 Å². The lowest BCUT2D eigenvalue weighted by Gasteiger charge is -2.15. The van der Waals surface area contributed by atoms with Crippen LogP contribution in [-0.4, -0.2) is 17.7 Å². The first kappa shape index (κ1) is 15.6. The number of benzene rings is 1. The fourth-order valence-corrected chi connectivity index (χ4v) is 1.99. The Balaban J connectivity index is 1.98. The standard InChI is InChI=1S/C16H19ClN2O2/c1-11(2)21-15-6-12(8-19-9-15)16(18)10-20-14-5-3-4-13(17)7-14/h3-9,11,16H,10,18H2,1-2H3. The predicted octanol–water partition coefficient (Wildman–Crippen LogP) is 3.60. The molecule has 1 aromatic heterocycles. The van der Waals surface area contributed by atoms with Gasteiger partial charge >= 0.3 is 0 Å². The molecular weight excluding hydrogens is 288 g/mol. The quantitative estimate of drug-likeness (QED) is 0.886. The van der Waals surface area contributed by atoms with E-state index in [0.29, 0.717) is 23.1 Å². The van der Waals surface area contributed by atoms with Crippen LogP contribution in [0.3, 0.4) is 0 Å². The summed E-state index contributed by atoms with van der Waals surface area (Å²) in [6, 6.07) is 8.83. The Kier molecular flexibility index (Phi) is 5.42. The lowest BCUT2D eigenvalue weighted by atomic mass is 10.1. The monoisotopic (exact) mass is 306 g/mol. The van der Waals surface area contributed by atoms with E-state index in [2.05, 4.69) is 4.98 Å². The zero-order chi connectivity index (χ0) is 15.2. The molecule has 1 atom stereocenters. The molecule has 0 saturated heterocycles. The summed E-state index contributed by atoms with van der Waals surface area (Å²) in [5.41, 5.74) is 7.00. The second-order valence-electron chi connectivity index (χ2n) is 5.00. The number of halogens is 1. The highest BCUT2D eigenvalue weighted by Crippen LogP contribution is 2.20. The molecule has 1 heterocycles. The Hall–Kier alpha value is -1.78. The molecule has 2 N–H and O–H groups in total. The van der Waals surface area contributed by atoms with Crippen molar-refractivity contribution in [1.82, 2.24) is 4.98 Å². The summed E-state index contributed by atoms with van der Waals surface area (Å²) in [7, 11) is 0. The van der Waals surface area contributed by atoms with E-state index in [1.807, 2.05) is 32.0 Å². The molecule has 0 aliphatic carbocycles. The average molecular weight is 307 g/mol. The van der Waals surface area contributed by atoms with E-state index in [1.54, 1.807) is 24.5 Å². The number of hydrogen-bond donors (Lipinski definition) is 1. The van der Waals surface area contributed by atoms with Gasteiger partial charge in [0.05, 0.1) is 18.3 Å². The minimum absolute atomic E-state index is 0.0981. The first-order valence-electron chi connectivity index (χ1n) is 6.80. The lowest BCUT2D eigenvalue weighted by molar-refractivity contribution is 0.240. The maximum Gasteiger partial charge on any atom is 0.138 e. The lowest BCUT2D eigenvalue weighted by Crippen LogP contribution is -2.19. The fraction of sp³-hybridized carbons (Fsp3) is 0.312. The van der Waals surface area contributed by atoms with Gasteiger partial charge in [-0.1, -0.05) is 17.7 Å². The molecule has 4 nitrogen and oxygen atoms in total. The Labute approximate surface area is 129 Å². The van der Waals surface area contributed by atoms with Crippen LogP contribution in [0.15, 0.2) is 42.7 Å². The van der Waals surface area contributed by atoms with Gasteiger partial charge in [0.25, 0.3) is 0 Å². The van der Waals surface area contributed by atoms with E-state index in [0.717, 1.165) is 5.56 Å². The van der Waals surface area contributed by atoms with Gasteiger partial charge in [0.15, 0.2) is 0 Å². The fourth-order valence-electron chi connectivity index (χ4n) is 1.81. The summed E-state index contributed by atoms with van der Waals surface area (Å²) < 4.78 is 11.3. The molecule has 2 rings (SSSR count). The third-order valence-corrected chi connectivity index (χ3v) is 2.99. The van der Waals surface area contributed by atoms with Crippen LogP contribution in [-0.2, 0) is 0 Å². The van der Waals surface area contributed by atoms with E-state index in [9.17, 15) is 0 Å². The summed E-state index contributed by atoms with van der Waals surface area (Å²) >= 11 is 5.91. The molecule has 1 aromatic carbocycles. The van der Waals surface area contributed by atoms with Gasteiger partial charge in [-0.25, -0.2) is 0 Å². The molecule has 21 heavy (non-hydrogen) atoms. The van der Waals surface area contributed by atoms with Crippen LogP contribution < -0.4 is 15.2 Å². The van der Waals surface area contributed by atoms with Crippen molar-refractivity contribution in [2.45, 2.75) is 26.0 Å². The van der Waals surface area contributed by atoms with E-state index >= 15 is 0 Å². The van der Waals surface area contributed by atoms with Crippen molar-refractivity contribution in [2.24, 2.45) is 5.73 Å². The second-order valence-corrected chi connectivity index (χ2v) is 5.43. The first-order valence-corrected chi connectivity index (χ1v) is 7.18. The van der Waals surface area contributed by atoms with Crippen molar-refractivity contribution in [1.29, 1.82) is 0 Å². The Morgan fingerprint density at radius 2 is 2.00 bits per heavy atom. The molecule has 2 aromatic rings. The largest absolute Gasteiger partial charge is 0.492 e. The average Bonchev–Trinajstić information content (AvgIpc) is 2.44. The van der Waals surface area contributed by atoms with Gasteiger partial charge in [-0.2, -0.15) is 0 Å². The van der Waals surface area contributed by atoms with Crippen LogP contribution in [0.2, 0.25) is 5.02 Å². The van der Waals surface area contributed by atoms with E-state index in [1.165, 1.54) is 0 Å². The van der Waals surface area contributed by atoms with Crippen molar-refractivity contribution in [3.63, 3.8) is 0 Å². The maximum absolute atomic E-state index is 6.13. The van der Waals surface area contributed by atoms with Crippen molar-refractivity contribution in [3.05, 3.63) is 53.3 Å². The van der Waals surface area contributed by atoms with Crippen LogP contribution in [0.5, 0.6) is 11.5 Å². The topological polar surface area (TPSA) is 57.4 Å². The number of pyridine rings is 1. The number of aromatic nitrogens is 1.